The van der Waals surface area contributed by atoms with Gasteiger partial charge in [0.15, 0.2) is 0 Å². The number of aromatic amines is 1. The van der Waals surface area contributed by atoms with Crippen molar-refractivity contribution < 1.29 is 9.47 Å². The molecule has 0 aliphatic heterocycles. The van der Waals surface area contributed by atoms with E-state index in [1.54, 1.807) is 20.4 Å². The van der Waals surface area contributed by atoms with Crippen molar-refractivity contribution in [3.8, 4) is 11.5 Å². The molecule has 0 aliphatic rings. The lowest BCUT2D eigenvalue weighted by Gasteiger charge is -2.13. The van der Waals surface area contributed by atoms with Crippen LogP contribution in [0.25, 0.3) is 0 Å². The molecule has 1 unspecified atom stereocenters. The van der Waals surface area contributed by atoms with E-state index < -0.39 is 0 Å². The van der Waals surface area contributed by atoms with Crippen LogP contribution in [-0.2, 0) is 6.54 Å². The summed E-state index contributed by atoms with van der Waals surface area (Å²) in [6, 6.07) is 6.00. The first-order valence-corrected chi connectivity index (χ1v) is 6.17. The van der Waals surface area contributed by atoms with Crippen LogP contribution in [0.3, 0.4) is 0 Å². The first-order valence-electron chi connectivity index (χ1n) is 6.17. The molecule has 0 aliphatic carbocycles. The van der Waals surface area contributed by atoms with Gasteiger partial charge in [0.1, 0.15) is 17.3 Å². The van der Waals surface area contributed by atoms with Gasteiger partial charge < -0.3 is 19.8 Å². The SMILES string of the molecule is COc1cc(CNC(C)c2ncc[nH]2)cc(OC)c1. The number of aromatic nitrogens is 2. The zero-order valence-corrected chi connectivity index (χ0v) is 11.4. The second-order valence-electron chi connectivity index (χ2n) is 4.30. The normalized spacial score (nSPS) is 12.2. The number of methoxy groups -OCH3 is 2. The van der Waals surface area contributed by atoms with Crippen molar-refractivity contribution in [3.05, 3.63) is 42.0 Å². The van der Waals surface area contributed by atoms with Gasteiger partial charge in [-0.1, -0.05) is 0 Å². The summed E-state index contributed by atoms with van der Waals surface area (Å²) in [7, 11) is 3.30. The topological polar surface area (TPSA) is 59.2 Å². The van der Waals surface area contributed by atoms with E-state index in [1.165, 1.54) is 0 Å². The molecule has 0 spiro atoms. The maximum Gasteiger partial charge on any atom is 0.122 e. The molecule has 1 aromatic carbocycles. The smallest absolute Gasteiger partial charge is 0.122 e. The molecule has 0 amide bonds. The predicted molar refractivity (Wildman–Crippen MR) is 73.4 cm³/mol. The van der Waals surface area contributed by atoms with Gasteiger partial charge in [0.2, 0.25) is 0 Å². The zero-order valence-electron chi connectivity index (χ0n) is 11.4. The van der Waals surface area contributed by atoms with Gasteiger partial charge in [-0.2, -0.15) is 0 Å². The molecular weight excluding hydrogens is 242 g/mol. The molecule has 0 fully saturated rings. The van der Waals surface area contributed by atoms with E-state index >= 15 is 0 Å². The standard InChI is InChI=1S/C14H19N3O2/c1-10(14-15-4-5-16-14)17-9-11-6-12(18-2)8-13(7-11)19-3/h4-8,10,17H,9H2,1-3H3,(H,15,16). The Morgan fingerprint density at radius 3 is 2.42 bits per heavy atom. The molecule has 5 nitrogen and oxygen atoms in total. The van der Waals surface area contributed by atoms with E-state index in [9.17, 15) is 0 Å². The van der Waals surface area contributed by atoms with Crippen LogP contribution in [-0.4, -0.2) is 24.2 Å². The summed E-state index contributed by atoms with van der Waals surface area (Å²) >= 11 is 0. The Hall–Kier alpha value is -2.01. The Balaban J connectivity index is 2.02. The van der Waals surface area contributed by atoms with Gasteiger partial charge in [0.25, 0.3) is 0 Å². The third-order valence-electron chi connectivity index (χ3n) is 2.95. The number of H-pyrrole nitrogens is 1. The highest BCUT2D eigenvalue weighted by Gasteiger charge is 2.08. The van der Waals surface area contributed by atoms with Gasteiger partial charge in [-0.15, -0.1) is 0 Å². The largest absolute Gasteiger partial charge is 0.497 e. The van der Waals surface area contributed by atoms with Gasteiger partial charge >= 0.3 is 0 Å². The maximum absolute atomic E-state index is 5.25. The summed E-state index contributed by atoms with van der Waals surface area (Å²) in [4.78, 5) is 7.32. The summed E-state index contributed by atoms with van der Waals surface area (Å²) in [6.07, 6.45) is 3.57. The molecule has 0 radical (unpaired) electrons. The molecule has 2 N–H and O–H groups in total. The number of ether oxygens (including phenoxy) is 2. The lowest BCUT2D eigenvalue weighted by Crippen LogP contribution is -2.19. The number of nitrogens with one attached hydrogen (secondary N) is 2. The van der Waals surface area contributed by atoms with Crippen LogP contribution in [0.4, 0.5) is 0 Å². The van der Waals surface area contributed by atoms with Crippen molar-refractivity contribution in [2.45, 2.75) is 19.5 Å². The van der Waals surface area contributed by atoms with Crippen LogP contribution >= 0.6 is 0 Å². The fraction of sp³-hybridized carbons (Fsp3) is 0.357. The number of rotatable bonds is 6. The van der Waals surface area contributed by atoms with E-state index in [4.69, 9.17) is 9.47 Å². The zero-order chi connectivity index (χ0) is 13.7. The van der Waals surface area contributed by atoms with Crippen LogP contribution in [0.15, 0.2) is 30.6 Å². The predicted octanol–water partition coefficient (Wildman–Crippen LogP) is 2.28. The molecule has 1 heterocycles. The average Bonchev–Trinajstić information content (AvgIpc) is 2.98. The van der Waals surface area contributed by atoms with Crippen molar-refractivity contribution in [2.75, 3.05) is 14.2 Å². The van der Waals surface area contributed by atoms with E-state index in [-0.39, 0.29) is 6.04 Å². The average molecular weight is 261 g/mol. The lowest BCUT2D eigenvalue weighted by atomic mass is 10.2. The first-order chi connectivity index (χ1) is 9.22. The van der Waals surface area contributed by atoms with Crippen LogP contribution in [0.5, 0.6) is 11.5 Å². The summed E-state index contributed by atoms with van der Waals surface area (Å²) in [5.74, 6) is 2.51. The van der Waals surface area contributed by atoms with Crippen molar-refractivity contribution in [3.63, 3.8) is 0 Å². The number of nitrogens with zero attached hydrogens (tertiary/aromatic N) is 1. The fourth-order valence-corrected chi connectivity index (χ4v) is 1.85. The highest BCUT2D eigenvalue weighted by molar-refractivity contribution is 5.38. The van der Waals surface area contributed by atoms with Crippen molar-refractivity contribution >= 4 is 0 Å². The minimum Gasteiger partial charge on any atom is -0.497 e. The van der Waals surface area contributed by atoms with Gasteiger partial charge in [0, 0.05) is 25.0 Å². The Morgan fingerprint density at radius 2 is 1.89 bits per heavy atom. The second kappa shape index (κ2) is 6.24. The third kappa shape index (κ3) is 3.48. The molecule has 1 aromatic heterocycles. The molecule has 2 aromatic rings. The molecular formula is C14H19N3O2. The Kier molecular flexibility index (Phi) is 4.41. The maximum atomic E-state index is 5.25. The number of benzene rings is 1. The highest BCUT2D eigenvalue weighted by Crippen LogP contribution is 2.22. The minimum absolute atomic E-state index is 0.159. The molecule has 5 heteroatoms. The van der Waals surface area contributed by atoms with Gasteiger partial charge in [0.05, 0.1) is 20.3 Å². The summed E-state index contributed by atoms with van der Waals surface area (Å²) in [5, 5.41) is 3.40. The minimum atomic E-state index is 0.159. The molecule has 2 rings (SSSR count). The Morgan fingerprint density at radius 1 is 1.21 bits per heavy atom. The molecule has 0 saturated heterocycles. The van der Waals surface area contributed by atoms with Crippen molar-refractivity contribution in [1.82, 2.24) is 15.3 Å². The third-order valence-corrected chi connectivity index (χ3v) is 2.95. The van der Waals surface area contributed by atoms with E-state index in [0.717, 1.165) is 29.4 Å². The van der Waals surface area contributed by atoms with E-state index in [0.29, 0.717) is 0 Å². The van der Waals surface area contributed by atoms with Crippen molar-refractivity contribution in [1.29, 1.82) is 0 Å². The highest BCUT2D eigenvalue weighted by atomic mass is 16.5. The number of hydrogen-bond acceptors (Lipinski definition) is 4. The molecule has 0 saturated carbocycles. The Bertz CT molecular complexity index is 489. The second-order valence-corrected chi connectivity index (χ2v) is 4.30. The van der Waals surface area contributed by atoms with Gasteiger partial charge in [-0.3, -0.25) is 0 Å². The summed E-state index contributed by atoms with van der Waals surface area (Å²) in [6.45, 7) is 2.78. The van der Waals surface area contributed by atoms with Gasteiger partial charge in [-0.05, 0) is 24.6 Å². The van der Waals surface area contributed by atoms with Crippen LogP contribution < -0.4 is 14.8 Å². The quantitative estimate of drug-likeness (QED) is 0.837. The van der Waals surface area contributed by atoms with Crippen molar-refractivity contribution in [2.24, 2.45) is 0 Å². The first kappa shape index (κ1) is 13.4. The number of hydrogen-bond donors (Lipinski definition) is 2. The van der Waals surface area contributed by atoms with E-state index in [1.807, 2.05) is 24.4 Å². The summed E-state index contributed by atoms with van der Waals surface area (Å²) < 4.78 is 10.5. The molecule has 102 valence electrons. The van der Waals surface area contributed by atoms with Crippen LogP contribution in [0.1, 0.15) is 24.4 Å². The Labute approximate surface area is 113 Å². The molecule has 19 heavy (non-hydrogen) atoms. The fourth-order valence-electron chi connectivity index (χ4n) is 1.85. The molecule has 0 bridgehead atoms. The summed E-state index contributed by atoms with van der Waals surface area (Å²) in [5.41, 5.74) is 1.11. The van der Waals surface area contributed by atoms with E-state index in [2.05, 4.69) is 22.2 Å². The van der Waals surface area contributed by atoms with Gasteiger partial charge in [-0.25, -0.2) is 4.98 Å². The lowest BCUT2D eigenvalue weighted by molar-refractivity contribution is 0.392. The van der Waals surface area contributed by atoms with Crippen LogP contribution in [0.2, 0.25) is 0 Å². The molecule has 1 atom stereocenters. The number of imidazole rings is 1. The monoisotopic (exact) mass is 261 g/mol. The van der Waals surface area contributed by atoms with Crippen LogP contribution in [0, 0.1) is 0 Å².